The van der Waals surface area contributed by atoms with Gasteiger partial charge in [-0.15, -0.1) is 0 Å². The molecule has 1 aliphatic rings. The zero-order valence-electron chi connectivity index (χ0n) is 15.2. The van der Waals surface area contributed by atoms with Crippen LogP contribution in [0.2, 0.25) is 0 Å². The molecule has 0 spiro atoms. The van der Waals surface area contributed by atoms with Crippen molar-refractivity contribution < 1.29 is 8.42 Å². The third-order valence-electron chi connectivity index (χ3n) is 5.05. The van der Waals surface area contributed by atoms with Gasteiger partial charge in [-0.2, -0.15) is 4.31 Å². The van der Waals surface area contributed by atoms with Crippen LogP contribution >= 0.6 is 0 Å². The molecule has 7 heteroatoms. The summed E-state index contributed by atoms with van der Waals surface area (Å²) in [6, 6.07) is 12.5. The summed E-state index contributed by atoms with van der Waals surface area (Å²) < 4.78 is 29.4. The Bertz CT molecular complexity index is 1020. The van der Waals surface area contributed by atoms with Gasteiger partial charge in [0, 0.05) is 49.5 Å². The summed E-state index contributed by atoms with van der Waals surface area (Å²) in [4.78, 5) is 9.08. The number of nitrogens with zero attached hydrogens (tertiary/aromatic N) is 4. The topological polar surface area (TPSA) is 68.1 Å². The van der Waals surface area contributed by atoms with Gasteiger partial charge in [-0.25, -0.2) is 13.4 Å². The molecule has 27 heavy (non-hydrogen) atoms. The maximum atomic E-state index is 12.8. The van der Waals surface area contributed by atoms with Crippen LogP contribution in [0.3, 0.4) is 0 Å². The fraction of sp³-hybridized carbons (Fsp3) is 0.300. The molecule has 2 aromatic heterocycles. The van der Waals surface area contributed by atoms with Crippen LogP contribution < -0.4 is 0 Å². The van der Waals surface area contributed by atoms with E-state index in [0.717, 1.165) is 30.0 Å². The first-order valence-electron chi connectivity index (χ1n) is 9.03. The van der Waals surface area contributed by atoms with Crippen molar-refractivity contribution in [3.05, 3.63) is 66.7 Å². The largest absolute Gasteiger partial charge is 0.328 e. The molecule has 6 nitrogen and oxygen atoms in total. The summed E-state index contributed by atoms with van der Waals surface area (Å²) >= 11 is 0. The number of hydrogen-bond acceptors (Lipinski definition) is 4. The van der Waals surface area contributed by atoms with Crippen molar-refractivity contribution in [2.24, 2.45) is 5.92 Å². The van der Waals surface area contributed by atoms with E-state index in [1.54, 1.807) is 41.0 Å². The predicted molar refractivity (Wildman–Crippen MR) is 104 cm³/mol. The van der Waals surface area contributed by atoms with Crippen LogP contribution in [0.1, 0.15) is 12.1 Å². The Kier molecular flexibility index (Phi) is 4.80. The zero-order chi connectivity index (χ0) is 18.9. The Morgan fingerprint density at radius 1 is 1.11 bits per heavy atom. The lowest BCUT2D eigenvalue weighted by atomic mass is 10.1. The standard InChI is InChI=1S/C20H22N4O2S/c1-16-12-22-20(18-6-5-10-21-13-18)24(16)15-17-9-11-23(14-17)27(25,26)19-7-3-2-4-8-19/h2-8,10,12-13,17H,9,11,14-15H2,1H3. The van der Waals surface area contributed by atoms with Gasteiger partial charge < -0.3 is 4.57 Å². The van der Waals surface area contributed by atoms with Gasteiger partial charge in [0.2, 0.25) is 10.0 Å². The Morgan fingerprint density at radius 3 is 2.67 bits per heavy atom. The van der Waals surface area contributed by atoms with E-state index in [4.69, 9.17) is 0 Å². The van der Waals surface area contributed by atoms with E-state index >= 15 is 0 Å². The minimum Gasteiger partial charge on any atom is -0.328 e. The number of aryl methyl sites for hydroxylation is 1. The molecule has 140 valence electrons. The van der Waals surface area contributed by atoms with Gasteiger partial charge >= 0.3 is 0 Å². The molecule has 1 fully saturated rings. The van der Waals surface area contributed by atoms with Crippen LogP contribution in [0.4, 0.5) is 0 Å². The summed E-state index contributed by atoms with van der Waals surface area (Å²) in [6.45, 7) is 3.86. The summed E-state index contributed by atoms with van der Waals surface area (Å²) in [5.74, 6) is 1.14. The number of aromatic nitrogens is 3. The number of hydrogen-bond donors (Lipinski definition) is 0. The highest BCUT2D eigenvalue weighted by Gasteiger charge is 2.33. The molecule has 0 saturated carbocycles. The molecule has 0 bridgehead atoms. The number of benzene rings is 1. The lowest BCUT2D eigenvalue weighted by Crippen LogP contribution is -2.29. The van der Waals surface area contributed by atoms with Crippen molar-refractivity contribution in [2.75, 3.05) is 13.1 Å². The Balaban J connectivity index is 1.53. The summed E-state index contributed by atoms with van der Waals surface area (Å²) in [5, 5.41) is 0. The molecule has 3 aromatic rings. The first-order chi connectivity index (χ1) is 13.1. The number of pyridine rings is 1. The highest BCUT2D eigenvalue weighted by Crippen LogP contribution is 2.27. The number of rotatable bonds is 5. The van der Waals surface area contributed by atoms with E-state index in [1.807, 2.05) is 31.3 Å². The Morgan fingerprint density at radius 2 is 1.93 bits per heavy atom. The van der Waals surface area contributed by atoms with Crippen LogP contribution in [0, 0.1) is 12.8 Å². The molecule has 3 heterocycles. The van der Waals surface area contributed by atoms with E-state index in [2.05, 4.69) is 14.5 Å². The van der Waals surface area contributed by atoms with Gasteiger partial charge in [0.05, 0.1) is 4.90 Å². The highest BCUT2D eigenvalue weighted by molar-refractivity contribution is 7.89. The van der Waals surface area contributed by atoms with Gasteiger partial charge in [0.1, 0.15) is 5.82 Å². The monoisotopic (exact) mass is 382 g/mol. The number of imidazole rings is 1. The molecule has 0 amide bonds. The van der Waals surface area contributed by atoms with Gasteiger partial charge in [-0.05, 0) is 43.5 Å². The fourth-order valence-electron chi connectivity index (χ4n) is 3.58. The van der Waals surface area contributed by atoms with Crippen molar-refractivity contribution in [1.29, 1.82) is 0 Å². The van der Waals surface area contributed by atoms with Crippen molar-refractivity contribution in [2.45, 2.75) is 24.8 Å². The molecule has 1 atom stereocenters. The van der Waals surface area contributed by atoms with Gasteiger partial charge in [-0.3, -0.25) is 4.98 Å². The lowest BCUT2D eigenvalue weighted by Gasteiger charge is -2.18. The van der Waals surface area contributed by atoms with Crippen molar-refractivity contribution in [3.8, 4) is 11.4 Å². The van der Waals surface area contributed by atoms with Gasteiger partial charge in [0.25, 0.3) is 0 Å². The van der Waals surface area contributed by atoms with Crippen molar-refractivity contribution in [3.63, 3.8) is 0 Å². The first-order valence-corrected chi connectivity index (χ1v) is 10.5. The zero-order valence-corrected chi connectivity index (χ0v) is 16.0. The third-order valence-corrected chi connectivity index (χ3v) is 6.92. The molecule has 1 aromatic carbocycles. The van der Waals surface area contributed by atoms with E-state index in [-0.39, 0.29) is 5.92 Å². The van der Waals surface area contributed by atoms with Crippen LogP contribution in [0.15, 0.2) is 66.0 Å². The smallest absolute Gasteiger partial charge is 0.243 e. The van der Waals surface area contributed by atoms with E-state index < -0.39 is 10.0 Å². The highest BCUT2D eigenvalue weighted by atomic mass is 32.2. The maximum Gasteiger partial charge on any atom is 0.243 e. The van der Waals surface area contributed by atoms with Crippen LogP contribution in [0.25, 0.3) is 11.4 Å². The van der Waals surface area contributed by atoms with Crippen LogP contribution in [-0.4, -0.2) is 40.3 Å². The molecule has 0 radical (unpaired) electrons. The van der Waals surface area contributed by atoms with Crippen molar-refractivity contribution >= 4 is 10.0 Å². The first kappa shape index (κ1) is 17.9. The quantitative estimate of drug-likeness (QED) is 0.680. The molecule has 0 aliphatic carbocycles. The van der Waals surface area contributed by atoms with E-state index in [1.165, 1.54) is 0 Å². The average Bonchev–Trinajstić information content (AvgIpc) is 3.31. The molecule has 1 aliphatic heterocycles. The minimum absolute atomic E-state index is 0.256. The Labute approximate surface area is 159 Å². The second kappa shape index (κ2) is 7.25. The lowest BCUT2D eigenvalue weighted by molar-refractivity contribution is 0.428. The van der Waals surface area contributed by atoms with Crippen molar-refractivity contribution in [1.82, 2.24) is 18.8 Å². The number of sulfonamides is 1. The SMILES string of the molecule is Cc1cnc(-c2cccnc2)n1CC1CCN(S(=O)(=O)c2ccccc2)C1. The third kappa shape index (κ3) is 3.52. The summed E-state index contributed by atoms with van der Waals surface area (Å²) in [5.41, 5.74) is 2.04. The molecular weight excluding hydrogens is 360 g/mol. The second-order valence-corrected chi connectivity index (χ2v) is 8.84. The van der Waals surface area contributed by atoms with E-state index in [0.29, 0.717) is 18.0 Å². The summed E-state index contributed by atoms with van der Waals surface area (Å²) in [6.07, 6.45) is 6.25. The molecule has 4 rings (SSSR count). The molecule has 1 unspecified atom stereocenters. The average molecular weight is 382 g/mol. The maximum absolute atomic E-state index is 12.8. The normalized spacial score (nSPS) is 18.0. The minimum atomic E-state index is -3.42. The predicted octanol–water partition coefficient (Wildman–Crippen LogP) is 2.96. The van der Waals surface area contributed by atoms with Crippen LogP contribution in [-0.2, 0) is 16.6 Å². The van der Waals surface area contributed by atoms with E-state index in [9.17, 15) is 8.42 Å². The van der Waals surface area contributed by atoms with Gasteiger partial charge in [0.15, 0.2) is 0 Å². The van der Waals surface area contributed by atoms with Gasteiger partial charge in [-0.1, -0.05) is 18.2 Å². The molecule has 0 N–H and O–H groups in total. The Hall–Kier alpha value is -2.51. The fourth-order valence-corrected chi connectivity index (χ4v) is 5.13. The molecule has 1 saturated heterocycles. The molecular formula is C20H22N4O2S. The van der Waals surface area contributed by atoms with Crippen LogP contribution in [0.5, 0.6) is 0 Å². The second-order valence-electron chi connectivity index (χ2n) is 6.91. The summed E-state index contributed by atoms with van der Waals surface area (Å²) in [7, 11) is -3.42.